The van der Waals surface area contributed by atoms with Crippen molar-refractivity contribution in [1.82, 2.24) is 9.80 Å². The molecule has 0 heterocycles. The zero-order valence-corrected chi connectivity index (χ0v) is 26.0. The molecule has 0 aliphatic carbocycles. The van der Waals surface area contributed by atoms with Gasteiger partial charge in [-0.05, 0) is 53.1 Å². The summed E-state index contributed by atoms with van der Waals surface area (Å²) in [6.45, 7) is 8.07. The van der Waals surface area contributed by atoms with Gasteiger partial charge < -0.3 is 18.7 Å². The maximum absolute atomic E-state index is 6.71. The molecule has 0 aliphatic rings. The van der Waals surface area contributed by atoms with Crippen molar-refractivity contribution in [3.05, 3.63) is 0 Å². The molecule has 0 fully saturated rings. The van der Waals surface area contributed by atoms with Crippen LogP contribution >= 0.6 is 12.6 Å². The lowest BCUT2D eigenvalue weighted by Crippen LogP contribution is -2.45. The maximum Gasteiger partial charge on any atom is 0.338 e. The lowest BCUT2D eigenvalue weighted by molar-refractivity contribution is 0.143. The summed E-state index contributed by atoms with van der Waals surface area (Å²) in [4.78, 5) is 4.43. The van der Waals surface area contributed by atoms with Crippen molar-refractivity contribution in [3.63, 3.8) is 0 Å². The number of hydrogen-bond donors (Lipinski definition) is 1. The molecule has 0 aromatic carbocycles. The smallest absolute Gasteiger partial charge is 0.338 e. The largest absolute Gasteiger partial charge is 0.393 e. The van der Waals surface area contributed by atoms with Gasteiger partial charge in [-0.2, -0.15) is 12.6 Å². The van der Waals surface area contributed by atoms with Crippen molar-refractivity contribution in [3.8, 4) is 0 Å². The van der Waals surface area contributed by atoms with Crippen LogP contribution in [0.2, 0.25) is 12.1 Å². The van der Waals surface area contributed by atoms with Crippen molar-refractivity contribution >= 4 is 21.2 Å². The Kier molecular flexibility index (Phi) is 24.1. The van der Waals surface area contributed by atoms with E-state index in [4.69, 9.17) is 21.5 Å². The molecule has 0 rings (SSSR count). The van der Waals surface area contributed by atoms with Crippen molar-refractivity contribution in [2.24, 2.45) is 0 Å². The fourth-order valence-electron chi connectivity index (χ4n) is 4.33. The van der Waals surface area contributed by atoms with Gasteiger partial charge in [0.25, 0.3) is 0 Å². The third kappa shape index (κ3) is 21.7. The number of thiol groups is 1. The van der Waals surface area contributed by atoms with Crippen LogP contribution < -0.4 is 0 Å². The van der Waals surface area contributed by atoms with Gasteiger partial charge in [0, 0.05) is 31.6 Å². The summed E-state index contributed by atoms with van der Waals surface area (Å²) in [6.07, 6.45) is 19.9. The van der Waals surface area contributed by atoms with Gasteiger partial charge in [-0.3, -0.25) is 0 Å². The highest BCUT2D eigenvalue weighted by Crippen LogP contribution is 2.28. The molecule has 34 heavy (non-hydrogen) atoms. The zero-order valence-electron chi connectivity index (χ0n) is 24.1. The molecular weight excluding hydrogens is 456 g/mol. The molecule has 206 valence electrons. The monoisotopic (exact) mass is 518 g/mol. The Bertz CT molecular complexity index is 413. The molecule has 0 aromatic heterocycles. The summed E-state index contributed by atoms with van der Waals surface area (Å²) in [5.41, 5.74) is 0. The van der Waals surface area contributed by atoms with Crippen molar-refractivity contribution in [1.29, 1.82) is 0 Å². The molecule has 6 heteroatoms. The van der Waals surface area contributed by atoms with E-state index < -0.39 is 8.56 Å². The van der Waals surface area contributed by atoms with Gasteiger partial charge in [0.2, 0.25) is 0 Å². The van der Waals surface area contributed by atoms with Crippen molar-refractivity contribution < 1.29 is 8.85 Å². The second-order valence-electron chi connectivity index (χ2n) is 10.8. The number of nitrogens with zero attached hydrogens (tertiary/aromatic N) is 2. The van der Waals surface area contributed by atoms with E-state index in [1.165, 1.54) is 89.9 Å². The molecule has 0 saturated carbocycles. The SMILES string of the molecule is CCCCCCCCCC[Si](CCC(S)CCCCCCC)(OCCN(C)C)OCCN(C)C. The molecule has 0 spiro atoms. The quantitative estimate of drug-likeness (QED) is 0.0718. The predicted octanol–water partition coefficient (Wildman–Crippen LogP) is 7.77. The molecule has 0 aromatic rings. The first-order valence-corrected chi connectivity index (χ1v) is 17.4. The van der Waals surface area contributed by atoms with Crippen LogP contribution in [0.5, 0.6) is 0 Å². The lowest BCUT2D eigenvalue weighted by Gasteiger charge is -2.33. The summed E-state index contributed by atoms with van der Waals surface area (Å²) in [5.74, 6) is 0. The van der Waals surface area contributed by atoms with Crippen LogP contribution in [0.4, 0.5) is 0 Å². The predicted molar refractivity (Wildman–Crippen MR) is 158 cm³/mol. The van der Waals surface area contributed by atoms with Gasteiger partial charge in [0.1, 0.15) is 0 Å². The van der Waals surface area contributed by atoms with E-state index >= 15 is 0 Å². The Morgan fingerprint density at radius 3 is 1.50 bits per heavy atom. The Balaban J connectivity index is 4.82. The van der Waals surface area contributed by atoms with Gasteiger partial charge in [-0.1, -0.05) is 97.3 Å². The highest BCUT2D eigenvalue weighted by molar-refractivity contribution is 7.80. The van der Waals surface area contributed by atoms with Crippen LogP contribution in [-0.4, -0.2) is 78.1 Å². The molecular formula is C28H62N2O2SSi. The van der Waals surface area contributed by atoms with E-state index in [2.05, 4.69) is 51.8 Å². The average Bonchev–Trinajstić information content (AvgIpc) is 2.78. The molecule has 0 saturated heterocycles. The van der Waals surface area contributed by atoms with Crippen LogP contribution in [0.25, 0.3) is 0 Å². The second kappa shape index (κ2) is 23.8. The fraction of sp³-hybridized carbons (Fsp3) is 1.00. The zero-order chi connectivity index (χ0) is 25.5. The molecule has 1 unspecified atom stereocenters. The Morgan fingerprint density at radius 1 is 0.588 bits per heavy atom. The molecule has 0 aliphatic heterocycles. The molecule has 4 nitrogen and oxygen atoms in total. The summed E-state index contributed by atoms with van der Waals surface area (Å²) < 4.78 is 13.4. The standard InChI is InChI=1S/C28H62N2O2SSi/c1-7-9-11-13-14-15-17-19-26-34(31-24-22-29(3)4,32-25-23-30(5)6)27-21-28(33)20-18-16-12-10-8-2/h28,33H,7-27H2,1-6H3. The third-order valence-electron chi connectivity index (χ3n) is 6.72. The molecule has 0 N–H and O–H groups in total. The number of hydrogen-bond acceptors (Lipinski definition) is 5. The van der Waals surface area contributed by atoms with E-state index in [0.29, 0.717) is 5.25 Å². The number of rotatable bonds is 26. The van der Waals surface area contributed by atoms with Crippen LogP contribution in [-0.2, 0) is 8.85 Å². The first kappa shape index (κ1) is 34.4. The van der Waals surface area contributed by atoms with E-state index in [0.717, 1.165) is 44.8 Å². The number of likely N-dealkylation sites (N-methyl/N-ethyl adjacent to an activating group) is 2. The summed E-state index contributed by atoms with van der Waals surface area (Å²) in [5, 5.41) is 0.474. The molecule has 0 radical (unpaired) electrons. The van der Waals surface area contributed by atoms with Crippen LogP contribution in [0.15, 0.2) is 0 Å². The minimum atomic E-state index is -2.24. The maximum atomic E-state index is 6.71. The van der Waals surface area contributed by atoms with E-state index in [-0.39, 0.29) is 0 Å². The Morgan fingerprint density at radius 2 is 1.03 bits per heavy atom. The lowest BCUT2D eigenvalue weighted by atomic mass is 10.1. The van der Waals surface area contributed by atoms with E-state index in [1.807, 2.05) is 0 Å². The van der Waals surface area contributed by atoms with Gasteiger partial charge in [-0.15, -0.1) is 0 Å². The fourth-order valence-corrected chi connectivity index (χ4v) is 8.30. The highest BCUT2D eigenvalue weighted by atomic mass is 32.1. The van der Waals surface area contributed by atoms with Crippen LogP contribution in [0.3, 0.4) is 0 Å². The topological polar surface area (TPSA) is 24.9 Å². The Labute approximate surface area is 221 Å². The van der Waals surface area contributed by atoms with Crippen LogP contribution in [0, 0.1) is 0 Å². The average molecular weight is 519 g/mol. The third-order valence-corrected chi connectivity index (χ3v) is 10.9. The van der Waals surface area contributed by atoms with Crippen LogP contribution in [0.1, 0.15) is 110 Å². The summed E-state index contributed by atoms with van der Waals surface area (Å²) in [7, 11) is 6.27. The van der Waals surface area contributed by atoms with Gasteiger partial charge in [-0.25, -0.2) is 0 Å². The van der Waals surface area contributed by atoms with Gasteiger partial charge in [0.15, 0.2) is 0 Å². The normalized spacial score (nSPS) is 13.3. The minimum absolute atomic E-state index is 0.474. The molecule has 0 bridgehead atoms. The first-order valence-electron chi connectivity index (χ1n) is 14.6. The highest BCUT2D eigenvalue weighted by Gasteiger charge is 2.37. The van der Waals surface area contributed by atoms with Gasteiger partial charge in [0.05, 0.1) is 0 Å². The summed E-state index contributed by atoms with van der Waals surface area (Å²) in [6, 6.07) is 2.23. The Hall–Kier alpha value is 0.407. The minimum Gasteiger partial charge on any atom is -0.393 e. The van der Waals surface area contributed by atoms with Crippen molar-refractivity contribution in [2.75, 3.05) is 54.5 Å². The van der Waals surface area contributed by atoms with Gasteiger partial charge >= 0.3 is 8.56 Å². The van der Waals surface area contributed by atoms with E-state index in [1.54, 1.807) is 0 Å². The van der Waals surface area contributed by atoms with Crippen molar-refractivity contribution in [2.45, 2.75) is 127 Å². The molecule has 0 amide bonds. The number of unbranched alkanes of at least 4 members (excludes halogenated alkanes) is 11. The first-order chi connectivity index (χ1) is 16.3. The molecule has 1 atom stereocenters. The second-order valence-corrected chi connectivity index (χ2v) is 15.0. The van der Waals surface area contributed by atoms with E-state index in [9.17, 15) is 0 Å². The summed E-state index contributed by atoms with van der Waals surface area (Å²) >= 11 is 4.97.